The highest BCUT2D eigenvalue weighted by molar-refractivity contribution is 7.07. The minimum atomic E-state index is -1.49. The van der Waals surface area contributed by atoms with Gasteiger partial charge >= 0.3 is 5.97 Å². The molecule has 1 aromatic heterocycles. The number of aromatic carboxylic acids is 1. The first kappa shape index (κ1) is 14.5. The third-order valence-corrected chi connectivity index (χ3v) is 3.57. The van der Waals surface area contributed by atoms with Gasteiger partial charge in [0.15, 0.2) is 11.6 Å². The monoisotopic (exact) mass is 297 g/mol. The number of halogens is 2. The Morgan fingerprint density at radius 3 is 2.70 bits per heavy atom. The molecule has 0 amide bonds. The van der Waals surface area contributed by atoms with Crippen LogP contribution in [0.5, 0.6) is 0 Å². The number of hydrogen-bond acceptors (Lipinski definition) is 3. The summed E-state index contributed by atoms with van der Waals surface area (Å²) < 4.78 is 27.3. The van der Waals surface area contributed by atoms with Gasteiger partial charge in [-0.05, 0) is 47.9 Å². The van der Waals surface area contributed by atoms with Crippen molar-refractivity contribution >= 4 is 23.0 Å². The number of thiophene rings is 1. The average Bonchev–Trinajstić information content (AvgIpc) is 2.87. The number of nitrogens with one attached hydrogen (secondary N) is 1. The molecule has 1 heterocycles. The molecule has 3 nitrogen and oxygen atoms in total. The predicted octanol–water partition coefficient (Wildman–Crippen LogP) is 3.77. The van der Waals surface area contributed by atoms with Crippen molar-refractivity contribution in [2.75, 3.05) is 5.32 Å². The molecule has 1 atom stereocenters. The van der Waals surface area contributed by atoms with E-state index < -0.39 is 23.2 Å². The van der Waals surface area contributed by atoms with Crippen molar-refractivity contribution in [3.63, 3.8) is 0 Å². The summed E-state index contributed by atoms with van der Waals surface area (Å²) in [5, 5.41) is 15.5. The third-order valence-electron chi connectivity index (χ3n) is 2.84. The molecule has 1 unspecified atom stereocenters. The van der Waals surface area contributed by atoms with E-state index in [-0.39, 0.29) is 11.7 Å². The Hall–Kier alpha value is -1.95. The van der Waals surface area contributed by atoms with Crippen LogP contribution in [0.25, 0.3) is 0 Å². The molecule has 0 saturated carbocycles. The highest BCUT2D eigenvalue weighted by Gasteiger charge is 2.18. The van der Waals surface area contributed by atoms with Crippen LogP contribution < -0.4 is 5.32 Å². The largest absolute Gasteiger partial charge is 0.478 e. The SMILES string of the molecule is CC(Cc1ccsc1)Nc1ccc(C(=O)O)c(F)c1F. The van der Waals surface area contributed by atoms with E-state index in [1.54, 1.807) is 11.3 Å². The first-order valence-electron chi connectivity index (χ1n) is 5.98. The van der Waals surface area contributed by atoms with Crippen LogP contribution in [-0.2, 0) is 6.42 Å². The van der Waals surface area contributed by atoms with Gasteiger partial charge < -0.3 is 10.4 Å². The number of hydrogen-bond donors (Lipinski definition) is 2. The van der Waals surface area contributed by atoms with Crippen LogP contribution in [0.3, 0.4) is 0 Å². The molecule has 0 radical (unpaired) electrons. The average molecular weight is 297 g/mol. The van der Waals surface area contributed by atoms with Gasteiger partial charge in [-0.2, -0.15) is 11.3 Å². The number of carboxylic acid groups (broad SMARTS) is 1. The smallest absolute Gasteiger partial charge is 0.338 e. The highest BCUT2D eigenvalue weighted by atomic mass is 32.1. The predicted molar refractivity (Wildman–Crippen MR) is 74.4 cm³/mol. The molecule has 1 aromatic carbocycles. The summed E-state index contributed by atoms with van der Waals surface area (Å²) in [5.74, 6) is -3.99. The van der Waals surface area contributed by atoms with Crippen LogP contribution in [0, 0.1) is 11.6 Å². The van der Waals surface area contributed by atoms with Gasteiger partial charge in [-0.15, -0.1) is 0 Å². The maximum absolute atomic E-state index is 13.8. The molecule has 106 valence electrons. The van der Waals surface area contributed by atoms with Crippen LogP contribution in [-0.4, -0.2) is 17.1 Å². The Morgan fingerprint density at radius 1 is 1.35 bits per heavy atom. The molecule has 0 fully saturated rings. The summed E-state index contributed by atoms with van der Waals surface area (Å²) in [6.45, 7) is 1.85. The summed E-state index contributed by atoms with van der Waals surface area (Å²) in [6, 6.07) is 4.16. The standard InChI is InChI=1S/C14H13F2NO2S/c1-8(6-9-4-5-20-7-9)17-11-3-2-10(14(18)19)12(15)13(11)16/h2-5,7-8,17H,6H2,1H3,(H,18,19). The molecule has 2 aromatic rings. The van der Waals surface area contributed by atoms with Crippen molar-refractivity contribution in [3.8, 4) is 0 Å². The second-order valence-electron chi connectivity index (χ2n) is 4.47. The molecular formula is C14H13F2NO2S. The van der Waals surface area contributed by atoms with E-state index in [4.69, 9.17) is 5.11 Å². The Morgan fingerprint density at radius 2 is 2.10 bits per heavy atom. The van der Waals surface area contributed by atoms with Gasteiger partial charge in [0.05, 0.1) is 11.3 Å². The summed E-state index contributed by atoms with van der Waals surface area (Å²) in [5.41, 5.74) is 0.409. The first-order valence-corrected chi connectivity index (χ1v) is 6.92. The van der Waals surface area contributed by atoms with Gasteiger partial charge in [0.2, 0.25) is 0 Å². The second kappa shape index (κ2) is 6.00. The zero-order valence-electron chi connectivity index (χ0n) is 10.7. The lowest BCUT2D eigenvalue weighted by molar-refractivity contribution is 0.0690. The van der Waals surface area contributed by atoms with E-state index in [1.807, 2.05) is 23.8 Å². The van der Waals surface area contributed by atoms with Gasteiger partial charge in [-0.25, -0.2) is 13.6 Å². The molecule has 6 heteroatoms. The maximum Gasteiger partial charge on any atom is 0.338 e. The van der Waals surface area contributed by atoms with Crippen molar-refractivity contribution in [1.29, 1.82) is 0 Å². The van der Waals surface area contributed by atoms with Crippen LogP contribution >= 0.6 is 11.3 Å². The molecule has 20 heavy (non-hydrogen) atoms. The molecule has 2 N–H and O–H groups in total. The highest BCUT2D eigenvalue weighted by Crippen LogP contribution is 2.22. The first-order chi connectivity index (χ1) is 9.49. The lowest BCUT2D eigenvalue weighted by Crippen LogP contribution is -2.19. The van der Waals surface area contributed by atoms with Gasteiger partial charge in [0.1, 0.15) is 0 Å². The number of carboxylic acids is 1. The zero-order valence-corrected chi connectivity index (χ0v) is 11.5. The fraction of sp³-hybridized carbons (Fsp3) is 0.214. The number of carbonyl (C=O) groups is 1. The van der Waals surface area contributed by atoms with Crippen molar-refractivity contribution in [2.24, 2.45) is 0 Å². The molecule has 0 aliphatic carbocycles. The Balaban J connectivity index is 2.13. The number of anilines is 1. The minimum Gasteiger partial charge on any atom is -0.478 e. The third kappa shape index (κ3) is 3.14. The fourth-order valence-electron chi connectivity index (χ4n) is 1.90. The molecule has 0 spiro atoms. The molecule has 2 rings (SSSR count). The fourth-order valence-corrected chi connectivity index (χ4v) is 2.59. The van der Waals surface area contributed by atoms with Crippen molar-refractivity contribution in [1.82, 2.24) is 0 Å². The summed E-state index contributed by atoms with van der Waals surface area (Å²) >= 11 is 1.57. The second-order valence-corrected chi connectivity index (χ2v) is 5.25. The van der Waals surface area contributed by atoms with Crippen LogP contribution in [0.1, 0.15) is 22.8 Å². The lowest BCUT2D eigenvalue weighted by Gasteiger charge is -2.16. The van der Waals surface area contributed by atoms with E-state index in [9.17, 15) is 13.6 Å². The summed E-state index contributed by atoms with van der Waals surface area (Å²) in [4.78, 5) is 10.7. The van der Waals surface area contributed by atoms with E-state index in [1.165, 1.54) is 6.07 Å². The zero-order chi connectivity index (χ0) is 14.7. The molecule has 0 saturated heterocycles. The van der Waals surface area contributed by atoms with Crippen molar-refractivity contribution in [3.05, 3.63) is 51.7 Å². The van der Waals surface area contributed by atoms with Crippen LogP contribution in [0.15, 0.2) is 29.0 Å². The van der Waals surface area contributed by atoms with Gasteiger partial charge in [0.25, 0.3) is 0 Å². The van der Waals surface area contributed by atoms with Crippen molar-refractivity contribution in [2.45, 2.75) is 19.4 Å². The number of benzene rings is 1. The maximum atomic E-state index is 13.8. The lowest BCUT2D eigenvalue weighted by atomic mass is 10.1. The van der Waals surface area contributed by atoms with Crippen LogP contribution in [0.4, 0.5) is 14.5 Å². The van der Waals surface area contributed by atoms with E-state index in [0.29, 0.717) is 6.42 Å². The van der Waals surface area contributed by atoms with Gasteiger partial charge in [-0.3, -0.25) is 0 Å². The van der Waals surface area contributed by atoms with Crippen molar-refractivity contribution < 1.29 is 18.7 Å². The molecular weight excluding hydrogens is 284 g/mol. The molecule has 0 aliphatic heterocycles. The van der Waals surface area contributed by atoms with E-state index >= 15 is 0 Å². The summed E-state index contributed by atoms with van der Waals surface area (Å²) in [6.07, 6.45) is 0.672. The van der Waals surface area contributed by atoms with E-state index in [2.05, 4.69) is 5.32 Å². The Labute approximate surface area is 118 Å². The number of rotatable bonds is 5. The quantitative estimate of drug-likeness (QED) is 0.883. The van der Waals surface area contributed by atoms with E-state index in [0.717, 1.165) is 11.6 Å². The molecule has 0 bridgehead atoms. The Kier molecular flexibility index (Phi) is 4.34. The normalized spacial score (nSPS) is 12.2. The molecule has 0 aliphatic rings. The summed E-state index contributed by atoms with van der Waals surface area (Å²) in [7, 11) is 0. The van der Waals surface area contributed by atoms with Gasteiger partial charge in [-0.1, -0.05) is 0 Å². The topological polar surface area (TPSA) is 49.3 Å². The van der Waals surface area contributed by atoms with Crippen LogP contribution in [0.2, 0.25) is 0 Å². The minimum absolute atomic E-state index is 0.0322. The van der Waals surface area contributed by atoms with Gasteiger partial charge in [0, 0.05) is 6.04 Å². The Bertz CT molecular complexity index is 614.